The molecule has 5 nitrogen and oxygen atoms in total. The molecule has 0 fully saturated rings. The number of rotatable bonds is 4. The molecular formula is C5H10N2O3. The van der Waals surface area contributed by atoms with E-state index in [0.717, 1.165) is 0 Å². The van der Waals surface area contributed by atoms with E-state index in [1.807, 2.05) is 0 Å². The minimum Gasteiger partial charge on any atom is -0.480 e. The Balaban J connectivity index is 3.49. The van der Waals surface area contributed by atoms with Gasteiger partial charge in [-0.1, -0.05) is 0 Å². The average Bonchev–Trinajstić information content (AvgIpc) is 1.82. The molecule has 0 aliphatic rings. The summed E-state index contributed by atoms with van der Waals surface area (Å²) in [5.74, 6) is -1.64. The van der Waals surface area contributed by atoms with Crippen molar-refractivity contribution in [2.24, 2.45) is 11.5 Å². The molecule has 0 aromatic carbocycles. The highest BCUT2D eigenvalue weighted by Crippen LogP contribution is 1.92. The lowest BCUT2D eigenvalue weighted by atomic mass is 10.2. The van der Waals surface area contributed by atoms with Crippen molar-refractivity contribution < 1.29 is 14.7 Å². The number of primary amides is 1. The van der Waals surface area contributed by atoms with Crippen molar-refractivity contribution in [3.8, 4) is 0 Å². The molecular weight excluding hydrogens is 136 g/mol. The molecule has 1 amide bonds. The van der Waals surface area contributed by atoms with Gasteiger partial charge in [0.25, 0.3) is 0 Å². The first-order chi connectivity index (χ1) is 4.54. The van der Waals surface area contributed by atoms with Crippen molar-refractivity contribution in [2.75, 3.05) is 0 Å². The van der Waals surface area contributed by atoms with Crippen LogP contribution in [0.1, 0.15) is 12.8 Å². The third-order valence-corrected chi connectivity index (χ3v) is 1.02. The van der Waals surface area contributed by atoms with Gasteiger partial charge in [-0.3, -0.25) is 9.59 Å². The molecule has 0 bridgehead atoms. The fraction of sp³-hybridized carbons (Fsp3) is 0.600. The van der Waals surface area contributed by atoms with Crippen LogP contribution in [0.4, 0.5) is 0 Å². The minimum atomic E-state index is -1.11. The highest BCUT2D eigenvalue weighted by molar-refractivity contribution is 5.76. The number of nitrogens with two attached hydrogens (primary N) is 2. The minimum absolute atomic E-state index is 0.0213. The Labute approximate surface area is 58.0 Å². The van der Waals surface area contributed by atoms with Crippen LogP contribution in [-0.4, -0.2) is 23.0 Å². The standard InChI is InChI=1S/C5H10N2O3/c6-3(5(9)10)1-2-4(7)8/h3H,1-2,6H2,(H2,7,8)(H,9,10)/t3-/m0/s1/i6+0. The Kier molecular flexibility index (Phi) is 3.42. The fourth-order valence-corrected chi connectivity index (χ4v) is 0.421. The zero-order valence-corrected chi connectivity index (χ0v) is 5.41. The largest absolute Gasteiger partial charge is 0.480 e. The zero-order valence-electron chi connectivity index (χ0n) is 5.41. The summed E-state index contributed by atoms with van der Waals surface area (Å²) in [6, 6.07) is -0.979. The van der Waals surface area contributed by atoms with Crippen LogP contribution in [0.2, 0.25) is 0 Å². The van der Waals surface area contributed by atoms with Gasteiger partial charge >= 0.3 is 5.97 Å². The molecule has 0 aromatic rings. The van der Waals surface area contributed by atoms with E-state index in [1.54, 1.807) is 0 Å². The first kappa shape index (κ1) is 8.90. The quantitative estimate of drug-likeness (QED) is 0.456. The van der Waals surface area contributed by atoms with Gasteiger partial charge in [0.05, 0.1) is 0 Å². The number of carboxylic acids is 1. The summed E-state index contributed by atoms with van der Waals surface area (Å²) in [5.41, 5.74) is 9.81. The predicted molar refractivity (Wildman–Crippen MR) is 34.0 cm³/mol. The third-order valence-electron chi connectivity index (χ3n) is 1.02. The normalized spacial score (nSPS) is 12.5. The highest BCUT2D eigenvalue weighted by atomic mass is 16.4. The van der Waals surface area contributed by atoms with Gasteiger partial charge in [0, 0.05) is 6.42 Å². The van der Waals surface area contributed by atoms with Gasteiger partial charge in [-0.15, -0.1) is 0 Å². The number of hydrogen-bond acceptors (Lipinski definition) is 3. The summed E-state index contributed by atoms with van der Waals surface area (Å²) in [7, 11) is 0. The van der Waals surface area contributed by atoms with Crippen LogP contribution in [-0.2, 0) is 9.59 Å². The van der Waals surface area contributed by atoms with Crippen LogP contribution in [0.3, 0.4) is 0 Å². The molecule has 5 N–H and O–H groups in total. The second-order valence-corrected chi connectivity index (χ2v) is 1.95. The van der Waals surface area contributed by atoms with E-state index in [1.165, 1.54) is 0 Å². The zero-order chi connectivity index (χ0) is 8.15. The second kappa shape index (κ2) is 3.84. The van der Waals surface area contributed by atoms with E-state index in [9.17, 15) is 9.59 Å². The first-order valence-electron chi connectivity index (χ1n) is 2.80. The maximum atomic E-state index is 10.1. The van der Waals surface area contributed by atoms with Crippen LogP contribution in [0, 0.1) is 0 Å². The van der Waals surface area contributed by atoms with Crippen LogP contribution < -0.4 is 11.5 Å². The highest BCUT2D eigenvalue weighted by Gasteiger charge is 2.11. The van der Waals surface area contributed by atoms with Crippen molar-refractivity contribution in [3.05, 3.63) is 0 Å². The van der Waals surface area contributed by atoms with E-state index >= 15 is 0 Å². The van der Waals surface area contributed by atoms with Crippen LogP contribution in [0.15, 0.2) is 0 Å². The van der Waals surface area contributed by atoms with E-state index in [2.05, 4.69) is 0 Å². The fourth-order valence-electron chi connectivity index (χ4n) is 0.421. The molecule has 0 radical (unpaired) electrons. The SMILES string of the molecule is NC(=O)CC[C@H]([14NH2])C(=O)O. The van der Waals surface area contributed by atoms with Crippen molar-refractivity contribution >= 4 is 11.9 Å². The van der Waals surface area contributed by atoms with Gasteiger partial charge in [0.1, 0.15) is 6.04 Å². The van der Waals surface area contributed by atoms with E-state index in [-0.39, 0.29) is 12.8 Å². The molecule has 58 valence electrons. The van der Waals surface area contributed by atoms with E-state index in [0.29, 0.717) is 0 Å². The summed E-state index contributed by atoms with van der Waals surface area (Å²) < 4.78 is 0. The smallest absolute Gasteiger partial charge is 0.320 e. The van der Waals surface area contributed by atoms with Gasteiger partial charge in [-0.05, 0) is 6.42 Å². The lowest BCUT2D eigenvalue weighted by molar-refractivity contribution is -0.138. The Hall–Kier alpha value is -1.10. The average molecular weight is 146 g/mol. The molecule has 0 unspecified atom stereocenters. The lowest BCUT2D eigenvalue weighted by Gasteiger charge is -2.01. The molecule has 0 aromatic heterocycles. The van der Waals surface area contributed by atoms with Crippen molar-refractivity contribution in [3.63, 3.8) is 0 Å². The van der Waals surface area contributed by atoms with Crippen LogP contribution >= 0.6 is 0 Å². The molecule has 0 saturated carbocycles. The Morgan fingerprint density at radius 2 is 2.00 bits per heavy atom. The Morgan fingerprint density at radius 1 is 1.50 bits per heavy atom. The monoisotopic (exact) mass is 146 g/mol. The lowest BCUT2D eigenvalue weighted by Crippen LogP contribution is -2.31. The van der Waals surface area contributed by atoms with Gasteiger partial charge < -0.3 is 16.6 Å². The molecule has 0 rings (SSSR count). The molecule has 0 spiro atoms. The number of carbonyl (C=O) groups is 2. The van der Waals surface area contributed by atoms with Gasteiger partial charge in [0.2, 0.25) is 5.91 Å². The number of amides is 1. The van der Waals surface area contributed by atoms with E-state index < -0.39 is 17.9 Å². The number of hydrogen-bond donors (Lipinski definition) is 3. The summed E-state index contributed by atoms with van der Waals surface area (Å²) in [6.07, 6.45) is 0.123. The van der Waals surface area contributed by atoms with Crippen LogP contribution in [0.5, 0.6) is 0 Å². The molecule has 10 heavy (non-hydrogen) atoms. The van der Waals surface area contributed by atoms with Gasteiger partial charge in [-0.25, -0.2) is 0 Å². The maximum Gasteiger partial charge on any atom is 0.320 e. The second-order valence-electron chi connectivity index (χ2n) is 1.95. The predicted octanol–water partition coefficient (Wildman–Crippen LogP) is -1.34. The van der Waals surface area contributed by atoms with Gasteiger partial charge in [-0.2, -0.15) is 0 Å². The molecule has 0 aliphatic heterocycles. The molecule has 5 heteroatoms. The third kappa shape index (κ3) is 3.85. The molecule has 1 atom stereocenters. The van der Waals surface area contributed by atoms with E-state index in [4.69, 9.17) is 16.6 Å². The number of carbonyl (C=O) groups excluding carboxylic acids is 1. The topological polar surface area (TPSA) is 106 Å². The number of carboxylic acid groups (broad SMARTS) is 1. The molecule has 0 saturated heterocycles. The summed E-state index contributed by atoms with van der Waals surface area (Å²) in [6.45, 7) is 0. The van der Waals surface area contributed by atoms with Crippen molar-refractivity contribution in [1.82, 2.24) is 0 Å². The summed E-state index contributed by atoms with van der Waals surface area (Å²) in [5, 5.41) is 8.22. The van der Waals surface area contributed by atoms with Crippen molar-refractivity contribution in [2.45, 2.75) is 18.9 Å². The molecule has 0 aliphatic carbocycles. The summed E-state index contributed by atoms with van der Waals surface area (Å²) in [4.78, 5) is 20.1. The summed E-state index contributed by atoms with van der Waals surface area (Å²) >= 11 is 0. The number of aliphatic carboxylic acids is 1. The molecule has 0 heterocycles. The van der Waals surface area contributed by atoms with Gasteiger partial charge in [0.15, 0.2) is 0 Å². The van der Waals surface area contributed by atoms with Crippen molar-refractivity contribution in [1.29, 1.82) is 0 Å². The van der Waals surface area contributed by atoms with Crippen LogP contribution in [0.25, 0.3) is 0 Å². The maximum absolute atomic E-state index is 10.1. The Bertz CT molecular complexity index is 146. The Morgan fingerprint density at radius 3 is 2.30 bits per heavy atom. The first-order valence-corrected chi connectivity index (χ1v) is 2.80.